The molecule has 3 heterocycles. The maximum Gasteiger partial charge on any atom is 0.194 e. The Morgan fingerprint density at radius 1 is 1.27 bits per heavy atom. The molecule has 0 spiro atoms. The minimum Gasteiger partial charge on any atom is -0.376 e. The van der Waals surface area contributed by atoms with Crippen LogP contribution in [0.2, 0.25) is 0 Å². The fourth-order valence-corrected chi connectivity index (χ4v) is 3.51. The van der Waals surface area contributed by atoms with E-state index in [1.54, 1.807) is 0 Å². The molecule has 8 heteroatoms. The van der Waals surface area contributed by atoms with E-state index in [2.05, 4.69) is 25.4 Å². The summed E-state index contributed by atoms with van der Waals surface area (Å²) < 4.78 is 13.8. The van der Waals surface area contributed by atoms with Crippen molar-refractivity contribution < 1.29 is 9.47 Å². The van der Waals surface area contributed by atoms with E-state index in [0.29, 0.717) is 18.8 Å². The predicted octanol–water partition coefficient (Wildman–Crippen LogP) is 1.25. The van der Waals surface area contributed by atoms with E-state index in [9.17, 15) is 0 Å². The SMILES string of the molecule is CN=C(NCc1nnc(C)n1C)N1CCC(OCC2CCCCO2)CC1. The number of nitrogens with one attached hydrogen (secondary N) is 1. The topological polar surface area (TPSA) is 76.8 Å². The quantitative estimate of drug-likeness (QED) is 0.626. The predicted molar refractivity (Wildman–Crippen MR) is 100 cm³/mol. The van der Waals surface area contributed by atoms with Crippen LogP contribution in [-0.4, -0.2) is 71.2 Å². The lowest BCUT2D eigenvalue weighted by molar-refractivity contribution is -0.0721. The highest BCUT2D eigenvalue weighted by Gasteiger charge is 2.24. The summed E-state index contributed by atoms with van der Waals surface area (Å²) >= 11 is 0. The lowest BCUT2D eigenvalue weighted by Crippen LogP contribution is -2.47. The van der Waals surface area contributed by atoms with E-state index in [-0.39, 0.29) is 0 Å². The van der Waals surface area contributed by atoms with E-state index < -0.39 is 0 Å². The van der Waals surface area contributed by atoms with Crippen LogP contribution in [0, 0.1) is 6.92 Å². The number of aromatic nitrogens is 3. The first kappa shape index (κ1) is 19.1. The van der Waals surface area contributed by atoms with Gasteiger partial charge in [0.05, 0.1) is 25.4 Å². The molecule has 0 aromatic carbocycles. The Kier molecular flexibility index (Phi) is 6.85. The Balaban J connectivity index is 1.40. The van der Waals surface area contributed by atoms with Crippen LogP contribution in [0.25, 0.3) is 0 Å². The minimum absolute atomic E-state index is 0.297. The Hall–Kier alpha value is -1.67. The van der Waals surface area contributed by atoms with Crippen molar-refractivity contribution in [3.63, 3.8) is 0 Å². The summed E-state index contributed by atoms with van der Waals surface area (Å²) in [6.45, 7) is 6.11. The normalized spacial score (nSPS) is 22.7. The molecular weight excluding hydrogens is 332 g/mol. The average Bonchev–Trinajstić information content (AvgIpc) is 3.01. The van der Waals surface area contributed by atoms with Gasteiger partial charge < -0.3 is 24.3 Å². The second-order valence-corrected chi connectivity index (χ2v) is 7.13. The van der Waals surface area contributed by atoms with Gasteiger partial charge >= 0.3 is 0 Å². The third kappa shape index (κ3) is 4.94. The summed E-state index contributed by atoms with van der Waals surface area (Å²) in [6.07, 6.45) is 6.26. The molecule has 146 valence electrons. The van der Waals surface area contributed by atoms with Crippen LogP contribution in [0.3, 0.4) is 0 Å². The van der Waals surface area contributed by atoms with Crippen LogP contribution < -0.4 is 5.32 Å². The Labute approximate surface area is 156 Å². The van der Waals surface area contributed by atoms with Gasteiger partial charge in [0.25, 0.3) is 0 Å². The Morgan fingerprint density at radius 2 is 2.08 bits per heavy atom. The maximum atomic E-state index is 6.10. The third-order valence-corrected chi connectivity index (χ3v) is 5.33. The number of aliphatic imine (C=N–C) groups is 1. The van der Waals surface area contributed by atoms with Crippen molar-refractivity contribution in [1.29, 1.82) is 0 Å². The van der Waals surface area contributed by atoms with Crippen molar-refractivity contribution in [2.75, 3.05) is 33.4 Å². The molecule has 0 bridgehead atoms. The summed E-state index contributed by atoms with van der Waals surface area (Å²) in [4.78, 5) is 6.71. The molecule has 0 amide bonds. The zero-order valence-electron chi connectivity index (χ0n) is 16.3. The molecule has 0 saturated carbocycles. The first-order chi connectivity index (χ1) is 12.7. The van der Waals surface area contributed by atoms with Gasteiger partial charge in [-0.2, -0.15) is 0 Å². The summed E-state index contributed by atoms with van der Waals surface area (Å²) in [7, 11) is 3.81. The molecule has 8 nitrogen and oxygen atoms in total. The van der Waals surface area contributed by atoms with E-state index in [1.165, 1.54) is 12.8 Å². The fraction of sp³-hybridized carbons (Fsp3) is 0.833. The third-order valence-electron chi connectivity index (χ3n) is 5.33. The molecule has 2 aliphatic heterocycles. The summed E-state index contributed by atoms with van der Waals surface area (Å²) in [5.41, 5.74) is 0. The van der Waals surface area contributed by atoms with Gasteiger partial charge in [-0.25, -0.2) is 0 Å². The molecule has 3 rings (SSSR count). The van der Waals surface area contributed by atoms with Gasteiger partial charge in [-0.05, 0) is 39.0 Å². The zero-order chi connectivity index (χ0) is 18.4. The maximum absolute atomic E-state index is 6.10. The van der Waals surface area contributed by atoms with E-state index in [4.69, 9.17) is 9.47 Å². The largest absolute Gasteiger partial charge is 0.376 e. The highest BCUT2D eigenvalue weighted by atomic mass is 16.5. The highest BCUT2D eigenvalue weighted by molar-refractivity contribution is 5.79. The monoisotopic (exact) mass is 364 g/mol. The Bertz CT molecular complexity index is 589. The van der Waals surface area contributed by atoms with Gasteiger partial charge in [0.1, 0.15) is 5.82 Å². The second kappa shape index (κ2) is 9.32. The summed E-state index contributed by atoms with van der Waals surface area (Å²) in [6, 6.07) is 0. The lowest BCUT2D eigenvalue weighted by atomic mass is 10.1. The van der Waals surface area contributed by atoms with Gasteiger partial charge in [0, 0.05) is 33.8 Å². The number of nitrogens with zero attached hydrogens (tertiary/aromatic N) is 5. The number of rotatable bonds is 5. The minimum atomic E-state index is 0.297. The van der Waals surface area contributed by atoms with E-state index in [1.807, 2.05) is 25.6 Å². The number of hydrogen-bond donors (Lipinski definition) is 1. The van der Waals surface area contributed by atoms with Crippen LogP contribution in [-0.2, 0) is 23.1 Å². The molecule has 2 fully saturated rings. The molecule has 0 radical (unpaired) electrons. The second-order valence-electron chi connectivity index (χ2n) is 7.13. The zero-order valence-corrected chi connectivity index (χ0v) is 16.3. The lowest BCUT2D eigenvalue weighted by Gasteiger charge is -2.35. The standard InChI is InChI=1S/C18H32N6O2/c1-14-21-22-17(23(14)3)12-20-18(19-2)24-9-7-15(8-10-24)26-13-16-6-4-5-11-25-16/h15-16H,4-13H2,1-3H3,(H,19,20). The molecule has 1 aromatic heterocycles. The van der Waals surface area contributed by atoms with Gasteiger partial charge in [-0.3, -0.25) is 4.99 Å². The molecular formula is C18H32N6O2. The van der Waals surface area contributed by atoms with E-state index in [0.717, 1.165) is 63.2 Å². The number of aryl methyl sites for hydroxylation is 1. The highest BCUT2D eigenvalue weighted by Crippen LogP contribution is 2.18. The first-order valence-corrected chi connectivity index (χ1v) is 9.71. The number of likely N-dealkylation sites (tertiary alicyclic amines) is 1. The van der Waals surface area contributed by atoms with Gasteiger partial charge in [0.15, 0.2) is 11.8 Å². The number of ether oxygens (including phenoxy) is 2. The molecule has 2 aliphatic rings. The molecule has 1 N–H and O–H groups in total. The number of piperidine rings is 1. The number of hydrogen-bond acceptors (Lipinski definition) is 5. The van der Waals surface area contributed by atoms with Crippen LogP contribution in [0.15, 0.2) is 4.99 Å². The van der Waals surface area contributed by atoms with Crippen LogP contribution in [0.5, 0.6) is 0 Å². The Morgan fingerprint density at radius 3 is 2.69 bits per heavy atom. The molecule has 0 aliphatic carbocycles. The molecule has 1 aromatic rings. The van der Waals surface area contributed by atoms with Crippen molar-refractivity contribution >= 4 is 5.96 Å². The molecule has 2 saturated heterocycles. The van der Waals surface area contributed by atoms with Crippen molar-refractivity contribution in [2.24, 2.45) is 12.0 Å². The number of guanidine groups is 1. The average molecular weight is 364 g/mol. The van der Waals surface area contributed by atoms with Gasteiger partial charge in [0.2, 0.25) is 0 Å². The van der Waals surface area contributed by atoms with Crippen LogP contribution >= 0.6 is 0 Å². The fourth-order valence-electron chi connectivity index (χ4n) is 3.51. The molecule has 1 unspecified atom stereocenters. The van der Waals surface area contributed by atoms with Crippen molar-refractivity contribution in [3.05, 3.63) is 11.6 Å². The van der Waals surface area contributed by atoms with E-state index >= 15 is 0 Å². The van der Waals surface area contributed by atoms with Crippen LogP contribution in [0.1, 0.15) is 43.8 Å². The van der Waals surface area contributed by atoms with Crippen molar-refractivity contribution in [2.45, 2.75) is 57.8 Å². The van der Waals surface area contributed by atoms with Crippen LogP contribution in [0.4, 0.5) is 0 Å². The van der Waals surface area contributed by atoms with Crippen molar-refractivity contribution in [1.82, 2.24) is 25.0 Å². The summed E-state index contributed by atoms with van der Waals surface area (Å²) in [5.74, 6) is 2.74. The van der Waals surface area contributed by atoms with Crippen molar-refractivity contribution in [3.8, 4) is 0 Å². The first-order valence-electron chi connectivity index (χ1n) is 9.71. The smallest absolute Gasteiger partial charge is 0.194 e. The summed E-state index contributed by atoms with van der Waals surface area (Å²) in [5, 5.41) is 11.7. The van der Waals surface area contributed by atoms with Gasteiger partial charge in [-0.1, -0.05) is 0 Å². The molecule has 26 heavy (non-hydrogen) atoms. The van der Waals surface area contributed by atoms with Gasteiger partial charge in [-0.15, -0.1) is 10.2 Å². The molecule has 1 atom stereocenters.